The number of methoxy groups -OCH3 is 1. The number of dihydropyridines is 1. The molecule has 5 nitrogen and oxygen atoms in total. The Hall–Kier alpha value is -3.34. The van der Waals surface area contributed by atoms with Crippen LogP contribution >= 0.6 is 0 Å². The second-order valence-corrected chi connectivity index (χ2v) is 6.21. The number of carbonyl (C=O) groups excluding carboxylic acids is 1. The Bertz CT molecular complexity index is 1080. The van der Waals surface area contributed by atoms with Gasteiger partial charge >= 0.3 is 5.97 Å². The number of H-pyrrole nitrogens is 1. The van der Waals surface area contributed by atoms with Gasteiger partial charge in [-0.25, -0.2) is 4.79 Å². The van der Waals surface area contributed by atoms with Crippen LogP contribution in [0.15, 0.2) is 72.7 Å². The molecule has 0 radical (unpaired) electrons. The summed E-state index contributed by atoms with van der Waals surface area (Å²) in [4.78, 5) is 20.3. The molecular weight excluding hydrogens is 326 g/mol. The first-order valence-corrected chi connectivity index (χ1v) is 8.44. The van der Waals surface area contributed by atoms with Gasteiger partial charge in [-0.15, -0.1) is 0 Å². The highest BCUT2D eigenvalue weighted by Crippen LogP contribution is 2.32. The van der Waals surface area contributed by atoms with Crippen molar-refractivity contribution >= 4 is 27.8 Å². The number of nitrogens with one attached hydrogen (secondary N) is 2. The smallest absolute Gasteiger partial charge is 0.335 e. The molecule has 0 saturated carbocycles. The Labute approximate surface area is 151 Å². The monoisotopic (exact) mass is 345 g/mol. The molecular formula is C21H19N3O2. The van der Waals surface area contributed by atoms with Crippen molar-refractivity contribution in [2.24, 2.45) is 5.92 Å². The summed E-state index contributed by atoms with van der Waals surface area (Å²) in [7, 11) is 1.39. The molecule has 5 heteroatoms. The Morgan fingerprint density at radius 2 is 2.12 bits per heavy atom. The summed E-state index contributed by atoms with van der Waals surface area (Å²) in [6, 6.07) is 10.2. The van der Waals surface area contributed by atoms with Crippen molar-refractivity contribution in [3.8, 4) is 0 Å². The number of pyridine rings is 1. The lowest BCUT2D eigenvalue weighted by Crippen LogP contribution is -2.24. The minimum Gasteiger partial charge on any atom is -0.466 e. The third-order valence-electron chi connectivity index (χ3n) is 4.83. The molecule has 1 aliphatic rings. The van der Waals surface area contributed by atoms with Gasteiger partial charge in [0.2, 0.25) is 0 Å². The average molecular weight is 345 g/mol. The summed E-state index contributed by atoms with van der Waals surface area (Å²) >= 11 is 0. The fourth-order valence-electron chi connectivity index (χ4n) is 3.54. The quantitative estimate of drug-likeness (QED) is 0.709. The van der Waals surface area contributed by atoms with Crippen LogP contribution in [-0.2, 0) is 16.0 Å². The first kappa shape index (κ1) is 16.1. The van der Waals surface area contributed by atoms with E-state index in [4.69, 9.17) is 4.74 Å². The molecule has 1 unspecified atom stereocenters. The lowest BCUT2D eigenvalue weighted by molar-refractivity contribution is -0.136. The van der Waals surface area contributed by atoms with E-state index in [9.17, 15) is 4.79 Å². The van der Waals surface area contributed by atoms with E-state index in [0.717, 1.165) is 27.7 Å². The number of aromatic amines is 1. The standard InChI is InChI=1S/C21H19N3O2/c1-3-13-11-22-12-17(21(25)26-2)16(13)10-19-20-15(8-9-23-19)14-6-4-5-7-18(14)24-20/h3-9,11-12,16,22,24H,1,10H2,2H3. The van der Waals surface area contributed by atoms with E-state index in [2.05, 4.69) is 34.0 Å². The van der Waals surface area contributed by atoms with Gasteiger partial charge in [0.1, 0.15) is 0 Å². The minimum absolute atomic E-state index is 0.161. The lowest BCUT2D eigenvalue weighted by atomic mass is 9.85. The highest BCUT2D eigenvalue weighted by Gasteiger charge is 2.28. The molecule has 0 aliphatic carbocycles. The number of hydrogen-bond donors (Lipinski definition) is 2. The zero-order valence-corrected chi connectivity index (χ0v) is 14.5. The van der Waals surface area contributed by atoms with Crippen LogP contribution in [0, 0.1) is 5.92 Å². The zero-order valence-electron chi connectivity index (χ0n) is 14.5. The van der Waals surface area contributed by atoms with Gasteiger partial charge in [-0.3, -0.25) is 4.98 Å². The van der Waals surface area contributed by atoms with Gasteiger partial charge in [-0.05, 0) is 17.7 Å². The van der Waals surface area contributed by atoms with Crippen molar-refractivity contribution < 1.29 is 9.53 Å². The van der Waals surface area contributed by atoms with Crippen LogP contribution in [-0.4, -0.2) is 23.0 Å². The maximum absolute atomic E-state index is 12.2. The fraction of sp³-hybridized carbons (Fsp3) is 0.143. The van der Waals surface area contributed by atoms with Crippen molar-refractivity contribution in [3.63, 3.8) is 0 Å². The SMILES string of the molecule is C=CC1=CNC=C(C(=O)OC)C1Cc1nccc2c1[nH]c1ccccc12. The third-order valence-corrected chi connectivity index (χ3v) is 4.83. The van der Waals surface area contributed by atoms with Gasteiger partial charge in [0, 0.05) is 47.2 Å². The first-order chi connectivity index (χ1) is 12.7. The number of benzene rings is 1. The molecule has 2 N–H and O–H groups in total. The molecule has 3 aromatic rings. The number of allylic oxidation sites excluding steroid dienone is 2. The van der Waals surface area contributed by atoms with Gasteiger partial charge in [0.15, 0.2) is 0 Å². The van der Waals surface area contributed by atoms with Gasteiger partial charge in [-0.1, -0.05) is 30.9 Å². The van der Waals surface area contributed by atoms with Gasteiger partial charge < -0.3 is 15.0 Å². The van der Waals surface area contributed by atoms with E-state index in [0.29, 0.717) is 12.0 Å². The van der Waals surface area contributed by atoms with Crippen molar-refractivity contribution in [2.75, 3.05) is 7.11 Å². The van der Waals surface area contributed by atoms with Crippen molar-refractivity contribution in [2.45, 2.75) is 6.42 Å². The van der Waals surface area contributed by atoms with Crippen molar-refractivity contribution in [1.82, 2.24) is 15.3 Å². The molecule has 3 heterocycles. The summed E-state index contributed by atoms with van der Waals surface area (Å²) in [6.07, 6.45) is 7.70. The summed E-state index contributed by atoms with van der Waals surface area (Å²) in [5.74, 6) is -0.510. The molecule has 0 fully saturated rings. The number of para-hydroxylation sites is 1. The number of aromatic nitrogens is 2. The minimum atomic E-state index is -0.348. The van der Waals surface area contributed by atoms with Crippen LogP contribution in [0.25, 0.3) is 21.8 Å². The van der Waals surface area contributed by atoms with Crippen LogP contribution in [0.5, 0.6) is 0 Å². The summed E-state index contributed by atoms with van der Waals surface area (Å²) in [5.41, 5.74) is 4.49. The molecule has 1 aliphatic heterocycles. The molecule has 1 aromatic carbocycles. The predicted molar refractivity (Wildman–Crippen MR) is 102 cm³/mol. The Balaban J connectivity index is 1.81. The fourth-order valence-corrected chi connectivity index (χ4v) is 3.54. The average Bonchev–Trinajstić information content (AvgIpc) is 3.07. The normalized spacial score (nSPS) is 16.7. The predicted octanol–water partition coefficient (Wildman–Crippen LogP) is 3.60. The lowest BCUT2D eigenvalue weighted by Gasteiger charge is -2.23. The molecule has 1 atom stereocenters. The topological polar surface area (TPSA) is 67.0 Å². The molecule has 26 heavy (non-hydrogen) atoms. The maximum Gasteiger partial charge on any atom is 0.335 e. The van der Waals surface area contributed by atoms with Gasteiger partial charge in [0.25, 0.3) is 0 Å². The van der Waals surface area contributed by atoms with Crippen molar-refractivity contribution in [1.29, 1.82) is 0 Å². The highest BCUT2D eigenvalue weighted by atomic mass is 16.5. The van der Waals surface area contributed by atoms with Gasteiger partial charge in [-0.2, -0.15) is 0 Å². The Morgan fingerprint density at radius 1 is 1.27 bits per heavy atom. The van der Waals surface area contributed by atoms with E-state index >= 15 is 0 Å². The second kappa shape index (κ2) is 6.52. The number of carbonyl (C=O) groups is 1. The van der Waals surface area contributed by atoms with E-state index in [1.807, 2.05) is 30.6 Å². The molecule has 0 saturated heterocycles. The number of fused-ring (bicyclic) bond motifs is 3. The Kier molecular flexibility index (Phi) is 4.05. The van der Waals surface area contributed by atoms with Crippen LogP contribution < -0.4 is 5.32 Å². The summed E-state index contributed by atoms with van der Waals surface area (Å²) in [5, 5.41) is 5.30. The number of nitrogens with zero attached hydrogens (tertiary/aromatic N) is 1. The number of rotatable bonds is 4. The first-order valence-electron chi connectivity index (χ1n) is 8.44. The summed E-state index contributed by atoms with van der Waals surface area (Å²) < 4.78 is 4.95. The second-order valence-electron chi connectivity index (χ2n) is 6.21. The molecule has 0 amide bonds. The molecule has 130 valence electrons. The highest BCUT2D eigenvalue weighted by molar-refractivity contribution is 6.07. The molecule has 2 aromatic heterocycles. The van der Waals surface area contributed by atoms with Gasteiger partial charge in [0.05, 0.1) is 23.9 Å². The zero-order chi connectivity index (χ0) is 18.1. The van der Waals surface area contributed by atoms with Crippen LogP contribution in [0.1, 0.15) is 5.69 Å². The number of hydrogen-bond acceptors (Lipinski definition) is 4. The largest absolute Gasteiger partial charge is 0.466 e. The molecule has 0 bridgehead atoms. The number of ether oxygens (including phenoxy) is 1. The molecule has 0 spiro atoms. The maximum atomic E-state index is 12.2. The van der Waals surface area contributed by atoms with Crippen molar-refractivity contribution in [3.05, 3.63) is 78.4 Å². The van der Waals surface area contributed by atoms with E-state index < -0.39 is 0 Å². The molecule has 4 rings (SSSR count). The number of esters is 1. The van der Waals surface area contributed by atoms with E-state index in [-0.39, 0.29) is 11.9 Å². The van der Waals surface area contributed by atoms with E-state index in [1.54, 1.807) is 12.3 Å². The van der Waals surface area contributed by atoms with E-state index in [1.165, 1.54) is 12.5 Å². The summed E-state index contributed by atoms with van der Waals surface area (Å²) in [6.45, 7) is 3.88. The Morgan fingerprint density at radius 3 is 2.92 bits per heavy atom. The van der Waals surface area contributed by atoms with Crippen LogP contribution in [0.3, 0.4) is 0 Å². The van der Waals surface area contributed by atoms with Crippen LogP contribution in [0.4, 0.5) is 0 Å². The third kappa shape index (κ3) is 2.58. The van der Waals surface area contributed by atoms with Crippen LogP contribution in [0.2, 0.25) is 0 Å².